The summed E-state index contributed by atoms with van der Waals surface area (Å²) >= 11 is 1.58. The van der Waals surface area contributed by atoms with Crippen LogP contribution in [-0.2, 0) is 0 Å². The molecule has 2 nitrogen and oxygen atoms in total. The summed E-state index contributed by atoms with van der Waals surface area (Å²) in [5, 5.41) is 0. The summed E-state index contributed by atoms with van der Waals surface area (Å²) < 4.78 is 0. The van der Waals surface area contributed by atoms with Gasteiger partial charge in [0.2, 0.25) is 0 Å². The van der Waals surface area contributed by atoms with Crippen LogP contribution in [0.15, 0.2) is 12.1 Å². The molecule has 1 aromatic heterocycles. The molecule has 0 N–H and O–H groups in total. The van der Waals surface area contributed by atoms with Crippen LogP contribution in [-0.4, -0.2) is 23.9 Å². The second-order valence-electron chi connectivity index (χ2n) is 3.06. The molecule has 0 aliphatic carbocycles. The average Bonchev–Trinajstić information content (AvgIpc) is 2.31. The predicted molar refractivity (Wildman–Crippen MR) is 49.6 cm³/mol. The van der Waals surface area contributed by atoms with E-state index in [0.29, 0.717) is 0 Å². The number of likely N-dealkylation sites (tertiary alicyclic amines) is 1. The summed E-state index contributed by atoms with van der Waals surface area (Å²) in [4.78, 5) is 15.6. The van der Waals surface area contributed by atoms with Crippen molar-refractivity contribution >= 4 is 17.2 Å². The number of nitrogens with zero attached hydrogens (tertiary/aromatic N) is 1. The third-order valence-electron chi connectivity index (χ3n) is 2.09. The lowest BCUT2D eigenvalue weighted by Gasteiger charge is -2.30. The molecular formula is C9H11NOS. The maximum Gasteiger partial charge on any atom is 0.263 e. The molecule has 64 valence electrons. The predicted octanol–water partition coefficient (Wildman–Crippen LogP) is 1.90. The zero-order valence-electron chi connectivity index (χ0n) is 7.04. The Morgan fingerprint density at radius 1 is 1.50 bits per heavy atom. The number of thiophene rings is 1. The van der Waals surface area contributed by atoms with Crippen molar-refractivity contribution < 1.29 is 4.79 Å². The molecule has 0 saturated carbocycles. The monoisotopic (exact) mass is 181 g/mol. The Bertz CT molecular complexity index is 301. The first-order chi connectivity index (χ1) is 5.77. The van der Waals surface area contributed by atoms with Gasteiger partial charge < -0.3 is 4.90 Å². The van der Waals surface area contributed by atoms with Gasteiger partial charge in [0.25, 0.3) is 5.91 Å². The van der Waals surface area contributed by atoms with E-state index in [9.17, 15) is 4.79 Å². The van der Waals surface area contributed by atoms with Crippen LogP contribution in [0, 0.1) is 6.92 Å². The Morgan fingerprint density at radius 2 is 2.25 bits per heavy atom. The molecule has 0 unspecified atom stereocenters. The Morgan fingerprint density at radius 3 is 2.67 bits per heavy atom. The summed E-state index contributed by atoms with van der Waals surface area (Å²) in [5.41, 5.74) is 0. The molecule has 3 heteroatoms. The van der Waals surface area contributed by atoms with Crippen LogP contribution >= 0.6 is 11.3 Å². The first-order valence-corrected chi connectivity index (χ1v) is 4.95. The van der Waals surface area contributed by atoms with Gasteiger partial charge in [0, 0.05) is 18.0 Å². The van der Waals surface area contributed by atoms with Gasteiger partial charge in [-0.1, -0.05) is 0 Å². The maximum absolute atomic E-state index is 11.6. The Hall–Kier alpha value is -0.830. The summed E-state index contributed by atoms with van der Waals surface area (Å²) in [6, 6.07) is 3.92. The molecule has 1 fully saturated rings. The maximum atomic E-state index is 11.6. The number of rotatable bonds is 1. The van der Waals surface area contributed by atoms with Gasteiger partial charge >= 0.3 is 0 Å². The summed E-state index contributed by atoms with van der Waals surface area (Å²) in [6.45, 7) is 3.91. The van der Waals surface area contributed by atoms with Gasteiger partial charge in [0.15, 0.2) is 0 Å². The van der Waals surface area contributed by atoms with Crippen molar-refractivity contribution in [1.29, 1.82) is 0 Å². The van der Waals surface area contributed by atoms with E-state index < -0.39 is 0 Å². The van der Waals surface area contributed by atoms with Crippen molar-refractivity contribution in [3.63, 3.8) is 0 Å². The van der Waals surface area contributed by atoms with Gasteiger partial charge in [-0.15, -0.1) is 11.3 Å². The van der Waals surface area contributed by atoms with Crippen LogP contribution < -0.4 is 0 Å². The number of carbonyl (C=O) groups excluding carboxylic acids is 1. The first-order valence-electron chi connectivity index (χ1n) is 4.13. The van der Waals surface area contributed by atoms with E-state index in [2.05, 4.69) is 0 Å². The van der Waals surface area contributed by atoms with Crippen molar-refractivity contribution in [2.75, 3.05) is 13.1 Å². The largest absolute Gasteiger partial charge is 0.338 e. The van der Waals surface area contributed by atoms with Gasteiger partial charge in [-0.25, -0.2) is 0 Å². The lowest BCUT2D eigenvalue weighted by atomic mass is 10.2. The first kappa shape index (κ1) is 7.80. The Kier molecular flexibility index (Phi) is 1.89. The van der Waals surface area contributed by atoms with Crippen LogP contribution in [0.4, 0.5) is 0 Å². The molecular weight excluding hydrogens is 170 g/mol. The molecule has 1 aromatic rings. The van der Waals surface area contributed by atoms with Crippen LogP contribution in [0.2, 0.25) is 0 Å². The average molecular weight is 181 g/mol. The molecule has 0 bridgehead atoms. The highest BCUT2D eigenvalue weighted by atomic mass is 32.1. The Balaban J connectivity index is 2.13. The normalized spacial score (nSPS) is 15.9. The van der Waals surface area contributed by atoms with Crippen LogP contribution in [0.1, 0.15) is 21.0 Å². The molecule has 2 rings (SSSR count). The SMILES string of the molecule is Cc1ccc(C(=O)N2CCC2)s1. The highest BCUT2D eigenvalue weighted by Gasteiger charge is 2.22. The second kappa shape index (κ2) is 2.90. The van der Waals surface area contributed by atoms with Gasteiger partial charge in [-0.3, -0.25) is 4.79 Å². The van der Waals surface area contributed by atoms with E-state index >= 15 is 0 Å². The number of carbonyl (C=O) groups is 1. The van der Waals surface area contributed by atoms with Gasteiger partial charge in [0.1, 0.15) is 0 Å². The fourth-order valence-corrected chi connectivity index (χ4v) is 2.06. The number of hydrogen-bond acceptors (Lipinski definition) is 2. The number of amides is 1. The highest BCUT2D eigenvalue weighted by molar-refractivity contribution is 7.13. The topological polar surface area (TPSA) is 20.3 Å². The second-order valence-corrected chi connectivity index (χ2v) is 4.34. The van der Waals surface area contributed by atoms with Crippen LogP contribution in [0.5, 0.6) is 0 Å². The molecule has 2 heterocycles. The van der Waals surface area contributed by atoms with Crippen LogP contribution in [0.3, 0.4) is 0 Å². The molecule has 1 aliphatic heterocycles. The van der Waals surface area contributed by atoms with Crippen molar-refractivity contribution in [2.24, 2.45) is 0 Å². The fourth-order valence-electron chi connectivity index (χ4n) is 1.22. The number of aryl methyl sites for hydroxylation is 1. The lowest BCUT2D eigenvalue weighted by molar-refractivity contribution is 0.0657. The molecule has 1 amide bonds. The third-order valence-corrected chi connectivity index (χ3v) is 3.08. The van der Waals surface area contributed by atoms with Gasteiger partial charge in [-0.05, 0) is 25.5 Å². The molecule has 0 radical (unpaired) electrons. The third kappa shape index (κ3) is 1.25. The van der Waals surface area contributed by atoms with E-state index in [4.69, 9.17) is 0 Å². The van der Waals surface area contributed by atoms with Crippen molar-refractivity contribution in [2.45, 2.75) is 13.3 Å². The molecule has 0 spiro atoms. The highest BCUT2D eigenvalue weighted by Crippen LogP contribution is 2.19. The zero-order chi connectivity index (χ0) is 8.55. The standard InChI is InChI=1S/C9H11NOS/c1-7-3-4-8(12-7)9(11)10-5-2-6-10/h3-4H,2,5-6H2,1H3. The molecule has 1 aliphatic rings. The van der Waals surface area contributed by atoms with E-state index in [-0.39, 0.29) is 5.91 Å². The van der Waals surface area contributed by atoms with Crippen LogP contribution in [0.25, 0.3) is 0 Å². The Labute approximate surface area is 75.8 Å². The lowest BCUT2D eigenvalue weighted by Crippen LogP contribution is -2.41. The molecule has 1 saturated heterocycles. The minimum absolute atomic E-state index is 0.208. The zero-order valence-corrected chi connectivity index (χ0v) is 7.86. The van der Waals surface area contributed by atoms with Gasteiger partial charge in [-0.2, -0.15) is 0 Å². The van der Waals surface area contributed by atoms with Crippen molar-refractivity contribution in [1.82, 2.24) is 4.90 Å². The fraction of sp³-hybridized carbons (Fsp3) is 0.444. The van der Waals surface area contributed by atoms with E-state index in [1.165, 1.54) is 4.88 Å². The van der Waals surface area contributed by atoms with E-state index in [1.807, 2.05) is 24.0 Å². The molecule has 0 atom stereocenters. The minimum Gasteiger partial charge on any atom is -0.338 e. The molecule has 12 heavy (non-hydrogen) atoms. The summed E-state index contributed by atoms with van der Waals surface area (Å²) in [5.74, 6) is 0.208. The smallest absolute Gasteiger partial charge is 0.263 e. The quantitative estimate of drug-likeness (QED) is 0.648. The molecule has 0 aromatic carbocycles. The van der Waals surface area contributed by atoms with E-state index in [1.54, 1.807) is 11.3 Å². The summed E-state index contributed by atoms with van der Waals surface area (Å²) in [6.07, 6.45) is 1.16. The van der Waals surface area contributed by atoms with Gasteiger partial charge in [0.05, 0.1) is 4.88 Å². The number of hydrogen-bond donors (Lipinski definition) is 0. The minimum atomic E-state index is 0.208. The van der Waals surface area contributed by atoms with Crippen molar-refractivity contribution in [3.8, 4) is 0 Å². The van der Waals surface area contributed by atoms with Crippen molar-refractivity contribution in [3.05, 3.63) is 21.9 Å². The van der Waals surface area contributed by atoms with E-state index in [0.717, 1.165) is 24.4 Å². The summed E-state index contributed by atoms with van der Waals surface area (Å²) in [7, 11) is 0.